The van der Waals surface area contributed by atoms with Gasteiger partial charge in [0.25, 0.3) is 0 Å². The number of aryl methyl sites for hydroxylation is 2. The number of benzene rings is 3. The Morgan fingerprint density at radius 3 is 1.59 bits per heavy atom. The van der Waals surface area contributed by atoms with E-state index in [0.29, 0.717) is 17.2 Å². The second-order valence-electron chi connectivity index (χ2n) is 6.63. The van der Waals surface area contributed by atoms with Crippen LogP contribution in [-0.2, 0) is 13.8 Å². The molecular weight excluding hydrogens is 387 g/mol. The third-order valence-corrected chi connectivity index (χ3v) is 5.30. The van der Waals surface area contributed by atoms with Crippen LogP contribution in [0.25, 0.3) is 0 Å². The predicted molar refractivity (Wildman–Crippen MR) is 112 cm³/mol. The van der Waals surface area contributed by atoms with Crippen LogP contribution in [0.15, 0.2) is 89.2 Å². The second-order valence-corrected chi connectivity index (χ2v) is 8.03. The molecule has 0 saturated carbocycles. The molecule has 3 aromatic carbocycles. The van der Waals surface area contributed by atoms with Crippen molar-refractivity contribution in [1.82, 2.24) is 0 Å². The van der Waals surface area contributed by atoms with Crippen molar-refractivity contribution in [3.63, 3.8) is 0 Å². The first-order valence-corrected chi connectivity index (χ1v) is 10.5. The Hall–Kier alpha value is -3.37. The lowest BCUT2D eigenvalue weighted by molar-refractivity contribution is 0.168. The third kappa shape index (κ3) is 4.39. The fourth-order valence-corrected chi connectivity index (χ4v) is 3.57. The monoisotopic (exact) mass is 406 g/mol. The summed E-state index contributed by atoms with van der Waals surface area (Å²) in [5, 5.41) is 8.25. The van der Waals surface area contributed by atoms with Gasteiger partial charge in [0, 0.05) is 11.1 Å². The highest BCUT2D eigenvalue weighted by Crippen LogP contribution is 2.51. The van der Waals surface area contributed by atoms with Gasteiger partial charge in [-0.1, -0.05) is 88.2 Å². The summed E-state index contributed by atoms with van der Waals surface area (Å²) in [6.45, 7) is 3.99. The summed E-state index contributed by atoms with van der Waals surface area (Å²) in [6, 6.07) is 24.0. The van der Waals surface area contributed by atoms with Gasteiger partial charge in [0.1, 0.15) is 17.2 Å². The van der Waals surface area contributed by atoms with Gasteiger partial charge in [-0.25, -0.2) is 0 Å². The quantitative estimate of drug-likeness (QED) is 0.526. The number of oxime groups is 2. The summed E-state index contributed by atoms with van der Waals surface area (Å²) in [7, 11) is -4.09. The van der Waals surface area contributed by atoms with E-state index in [-0.39, 0.29) is 0 Å². The molecule has 1 heterocycles. The molecule has 0 N–H and O–H groups in total. The van der Waals surface area contributed by atoms with Crippen LogP contribution in [-0.4, -0.2) is 11.4 Å². The van der Waals surface area contributed by atoms with Crippen molar-refractivity contribution in [2.24, 2.45) is 10.3 Å². The van der Waals surface area contributed by atoms with Gasteiger partial charge in [-0.2, -0.15) is 4.57 Å². The second kappa shape index (κ2) is 7.94. The number of nitrogens with zero attached hydrogens (tertiary/aromatic N) is 2. The molecule has 0 aromatic heterocycles. The van der Waals surface area contributed by atoms with E-state index in [1.165, 1.54) is 0 Å². The molecule has 0 unspecified atom stereocenters. The van der Waals surface area contributed by atoms with Crippen LogP contribution in [0.5, 0.6) is 5.75 Å². The minimum Gasteiger partial charge on any atom is -0.384 e. The largest absolute Gasteiger partial charge is 0.689 e. The van der Waals surface area contributed by atoms with E-state index in [2.05, 4.69) is 10.3 Å². The summed E-state index contributed by atoms with van der Waals surface area (Å²) >= 11 is 0. The molecule has 4 rings (SSSR count). The Labute approximate surface area is 169 Å². The summed E-state index contributed by atoms with van der Waals surface area (Å²) < 4.78 is 28.9. The van der Waals surface area contributed by atoms with Gasteiger partial charge in [0.2, 0.25) is 0 Å². The normalized spacial score (nSPS) is 15.2. The van der Waals surface area contributed by atoms with Crippen molar-refractivity contribution in [2.75, 3.05) is 0 Å². The Morgan fingerprint density at radius 1 is 0.690 bits per heavy atom. The van der Waals surface area contributed by atoms with Crippen molar-refractivity contribution in [3.05, 3.63) is 101 Å². The Kier molecular flexibility index (Phi) is 5.19. The maximum Gasteiger partial charge on any atom is 0.689 e. The fourth-order valence-electron chi connectivity index (χ4n) is 2.73. The molecule has 6 nitrogen and oxygen atoms in total. The summed E-state index contributed by atoms with van der Waals surface area (Å²) in [5.74, 6) is 0.330. The molecule has 0 fully saturated rings. The number of hydrogen-bond acceptors (Lipinski definition) is 6. The van der Waals surface area contributed by atoms with Crippen molar-refractivity contribution < 1.29 is 18.3 Å². The lowest BCUT2D eigenvalue weighted by Gasteiger charge is -2.11. The molecule has 0 saturated heterocycles. The van der Waals surface area contributed by atoms with Crippen LogP contribution < -0.4 is 4.52 Å². The molecule has 29 heavy (non-hydrogen) atoms. The molecule has 0 radical (unpaired) electrons. The van der Waals surface area contributed by atoms with Crippen LogP contribution in [0.3, 0.4) is 0 Å². The molecule has 3 aromatic rings. The molecule has 0 aliphatic carbocycles. The average molecular weight is 406 g/mol. The topological polar surface area (TPSA) is 69.5 Å². The molecule has 146 valence electrons. The summed E-state index contributed by atoms with van der Waals surface area (Å²) in [6.07, 6.45) is 0. The highest BCUT2D eigenvalue weighted by atomic mass is 31.2. The van der Waals surface area contributed by atoms with Crippen LogP contribution in [0.1, 0.15) is 22.3 Å². The van der Waals surface area contributed by atoms with E-state index in [9.17, 15) is 4.57 Å². The minimum atomic E-state index is -4.09. The van der Waals surface area contributed by atoms with E-state index >= 15 is 0 Å². The van der Waals surface area contributed by atoms with Crippen molar-refractivity contribution >= 4 is 19.2 Å². The average Bonchev–Trinajstić information content (AvgIpc) is 2.89. The third-order valence-electron chi connectivity index (χ3n) is 4.30. The van der Waals surface area contributed by atoms with E-state index in [4.69, 9.17) is 13.8 Å². The standard InChI is InChI=1S/C22H19N2O4P/c1-16-8-12-18(13-9-16)21-22(19-14-10-17(2)11-15-19)24-28-29(25,27-23-21)26-20-6-4-3-5-7-20/h3-15H,1-2H3. The Bertz CT molecular complexity index is 1040. The van der Waals surface area contributed by atoms with Crippen molar-refractivity contribution in [3.8, 4) is 5.75 Å². The maximum atomic E-state index is 13.0. The van der Waals surface area contributed by atoms with Crippen LogP contribution in [0, 0.1) is 13.8 Å². The fraction of sp³-hybridized carbons (Fsp3) is 0.0909. The van der Waals surface area contributed by atoms with Crippen LogP contribution in [0.2, 0.25) is 0 Å². The van der Waals surface area contributed by atoms with Crippen LogP contribution in [0.4, 0.5) is 0 Å². The summed E-state index contributed by atoms with van der Waals surface area (Å²) in [5.41, 5.74) is 4.53. The van der Waals surface area contributed by atoms with Gasteiger partial charge >= 0.3 is 7.82 Å². The van der Waals surface area contributed by atoms with Gasteiger partial charge in [0.05, 0.1) is 0 Å². The number of hydrogen-bond donors (Lipinski definition) is 0. The highest BCUT2D eigenvalue weighted by Gasteiger charge is 2.37. The van der Waals surface area contributed by atoms with Crippen molar-refractivity contribution in [1.29, 1.82) is 0 Å². The first-order valence-electron chi connectivity index (χ1n) is 9.05. The van der Waals surface area contributed by atoms with Crippen LogP contribution >= 0.6 is 7.82 Å². The molecule has 0 amide bonds. The maximum absolute atomic E-state index is 13.0. The van der Waals surface area contributed by atoms with E-state index < -0.39 is 7.82 Å². The zero-order valence-corrected chi connectivity index (χ0v) is 16.9. The molecule has 1 aliphatic rings. The lowest BCUT2D eigenvalue weighted by Crippen LogP contribution is -2.17. The molecule has 7 heteroatoms. The molecular formula is C22H19N2O4P. The highest BCUT2D eigenvalue weighted by molar-refractivity contribution is 7.48. The predicted octanol–water partition coefficient (Wildman–Crippen LogP) is 5.65. The Morgan fingerprint density at radius 2 is 1.14 bits per heavy atom. The molecule has 0 atom stereocenters. The molecule has 0 bridgehead atoms. The number of phosphoric acid groups is 1. The first-order chi connectivity index (χ1) is 14.0. The summed E-state index contributed by atoms with van der Waals surface area (Å²) in [4.78, 5) is 0. The Balaban J connectivity index is 1.75. The smallest absolute Gasteiger partial charge is 0.384 e. The SMILES string of the molecule is Cc1ccc(C2=NOP(=O)(Oc3ccccc3)ON=C2c2ccc(C)cc2)cc1. The van der Waals surface area contributed by atoms with Gasteiger partial charge in [-0.15, -0.1) is 0 Å². The van der Waals surface area contributed by atoms with E-state index in [1.54, 1.807) is 24.3 Å². The van der Waals surface area contributed by atoms with Gasteiger partial charge in [0.15, 0.2) is 0 Å². The van der Waals surface area contributed by atoms with E-state index in [0.717, 1.165) is 22.3 Å². The van der Waals surface area contributed by atoms with Gasteiger partial charge in [-0.05, 0) is 26.0 Å². The molecule has 0 spiro atoms. The minimum absolute atomic E-state index is 0.330. The first kappa shape index (κ1) is 19.0. The van der Waals surface area contributed by atoms with E-state index in [1.807, 2.05) is 68.4 Å². The van der Waals surface area contributed by atoms with Gasteiger partial charge in [-0.3, -0.25) is 9.25 Å². The lowest BCUT2D eigenvalue weighted by atomic mass is 9.98. The number of para-hydroxylation sites is 1. The zero-order chi connectivity index (χ0) is 20.3. The van der Waals surface area contributed by atoms with Gasteiger partial charge < -0.3 is 4.52 Å². The number of rotatable bonds is 4. The molecule has 1 aliphatic heterocycles. The van der Waals surface area contributed by atoms with Crippen molar-refractivity contribution in [2.45, 2.75) is 13.8 Å². The zero-order valence-electron chi connectivity index (χ0n) is 16.0.